The monoisotopic (exact) mass is 194 g/mol. The van der Waals surface area contributed by atoms with E-state index in [-0.39, 0.29) is 5.91 Å². The smallest absolute Gasteiger partial charge is 0.221 e. The van der Waals surface area contributed by atoms with Gasteiger partial charge in [-0.2, -0.15) is 0 Å². The molecule has 3 N–H and O–H groups in total. The summed E-state index contributed by atoms with van der Waals surface area (Å²) < 4.78 is 0. The highest BCUT2D eigenvalue weighted by atomic mass is 16.1. The van der Waals surface area contributed by atoms with Gasteiger partial charge in [0.15, 0.2) is 0 Å². The lowest BCUT2D eigenvalue weighted by molar-refractivity contribution is -0.121. The molecule has 0 aromatic heterocycles. The number of nitrogens with one attached hydrogen (secondary N) is 1. The zero-order valence-electron chi connectivity index (χ0n) is 8.68. The standard InChI is InChI=1S/C11H18N2O/c1-2-3-6-13-11(14)8-9-4-5-10(12)7-9/h9-10H,4-8,12H2,1H3,(H,13,14). The summed E-state index contributed by atoms with van der Waals surface area (Å²) in [5.74, 6) is 6.13. The zero-order chi connectivity index (χ0) is 10.4. The van der Waals surface area contributed by atoms with Crippen molar-refractivity contribution in [1.82, 2.24) is 5.32 Å². The van der Waals surface area contributed by atoms with Gasteiger partial charge in [-0.1, -0.05) is 5.92 Å². The fraction of sp³-hybridized carbons (Fsp3) is 0.727. The molecule has 2 atom stereocenters. The van der Waals surface area contributed by atoms with Crippen molar-refractivity contribution in [2.24, 2.45) is 11.7 Å². The summed E-state index contributed by atoms with van der Waals surface area (Å²) in [6.45, 7) is 2.23. The predicted octanol–water partition coefficient (Wildman–Crippen LogP) is 0.643. The molecule has 1 aliphatic carbocycles. The molecule has 0 radical (unpaired) electrons. The van der Waals surface area contributed by atoms with Gasteiger partial charge in [-0.25, -0.2) is 0 Å². The van der Waals surface area contributed by atoms with Crippen molar-refractivity contribution in [3.05, 3.63) is 0 Å². The largest absolute Gasteiger partial charge is 0.345 e. The molecule has 14 heavy (non-hydrogen) atoms. The Hall–Kier alpha value is -1.01. The molecular formula is C11H18N2O. The first-order valence-electron chi connectivity index (χ1n) is 5.14. The minimum atomic E-state index is 0.104. The second-order valence-electron chi connectivity index (χ2n) is 3.85. The van der Waals surface area contributed by atoms with Crippen LogP contribution in [0.1, 0.15) is 32.6 Å². The van der Waals surface area contributed by atoms with Gasteiger partial charge in [-0.05, 0) is 32.1 Å². The highest BCUT2D eigenvalue weighted by molar-refractivity contribution is 5.76. The van der Waals surface area contributed by atoms with E-state index in [4.69, 9.17) is 5.73 Å². The summed E-state index contributed by atoms with van der Waals surface area (Å²) in [4.78, 5) is 11.4. The van der Waals surface area contributed by atoms with Crippen LogP contribution in [0.4, 0.5) is 0 Å². The lowest BCUT2D eigenvalue weighted by Gasteiger charge is -2.08. The van der Waals surface area contributed by atoms with Crippen molar-refractivity contribution in [3.63, 3.8) is 0 Å². The Balaban J connectivity index is 2.16. The molecule has 3 nitrogen and oxygen atoms in total. The van der Waals surface area contributed by atoms with Gasteiger partial charge in [0.25, 0.3) is 0 Å². The van der Waals surface area contributed by atoms with Crippen molar-refractivity contribution < 1.29 is 4.79 Å². The first kappa shape index (κ1) is 11.1. The highest BCUT2D eigenvalue weighted by Crippen LogP contribution is 2.26. The molecule has 0 saturated heterocycles. The van der Waals surface area contributed by atoms with Crippen LogP contribution in [-0.2, 0) is 4.79 Å². The van der Waals surface area contributed by atoms with E-state index in [0.29, 0.717) is 24.9 Å². The molecule has 1 aliphatic rings. The van der Waals surface area contributed by atoms with Gasteiger partial charge < -0.3 is 11.1 Å². The number of hydrogen-bond acceptors (Lipinski definition) is 2. The van der Waals surface area contributed by atoms with E-state index in [1.54, 1.807) is 6.92 Å². The first-order chi connectivity index (χ1) is 6.72. The van der Waals surface area contributed by atoms with E-state index in [0.717, 1.165) is 19.3 Å². The Morgan fingerprint density at radius 1 is 1.57 bits per heavy atom. The minimum absolute atomic E-state index is 0.104. The number of carbonyl (C=O) groups excluding carboxylic acids is 1. The fourth-order valence-electron chi connectivity index (χ4n) is 1.86. The lowest BCUT2D eigenvalue weighted by Crippen LogP contribution is -2.25. The normalized spacial score (nSPS) is 25.3. The van der Waals surface area contributed by atoms with E-state index >= 15 is 0 Å². The lowest BCUT2D eigenvalue weighted by atomic mass is 10.0. The summed E-state index contributed by atoms with van der Waals surface area (Å²) in [6.07, 6.45) is 3.76. The van der Waals surface area contributed by atoms with E-state index in [2.05, 4.69) is 17.2 Å². The molecule has 0 aromatic carbocycles. The number of carbonyl (C=O) groups is 1. The van der Waals surface area contributed by atoms with Gasteiger partial charge in [0, 0.05) is 12.5 Å². The van der Waals surface area contributed by atoms with Gasteiger partial charge in [-0.15, -0.1) is 5.92 Å². The molecule has 0 spiro atoms. The number of hydrogen-bond donors (Lipinski definition) is 2. The number of nitrogens with two attached hydrogens (primary N) is 1. The highest BCUT2D eigenvalue weighted by Gasteiger charge is 2.23. The van der Waals surface area contributed by atoms with Crippen molar-refractivity contribution in [1.29, 1.82) is 0 Å². The molecule has 1 amide bonds. The van der Waals surface area contributed by atoms with Crippen LogP contribution in [0.25, 0.3) is 0 Å². The third-order valence-electron chi connectivity index (χ3n) is 2.61. The van der Waals surface area contributed by atoms with Crippen LogP contribution in [-0.4, -0.2) is 18.5 Å². The molecule has 1 fully saturated rings. The van der Waals surface area contributed by atoms with Crippen LogP contribution in [0.2, 0.25) is 0 Å². The molecule has 0 aliphatic heterocycles. The molecule has 3 heteroatoms. The maximum atomic E-state index is 11.4. The average molecular weight is 194 g/mol. The maximum absolute atomic E-state index is 11.4. The third-order valence-corrected chi connectivity index (χ3v) is 2.61. The van der Waals surface area contributed by atoms with Gasteiger partial charge in [0.1, 0.15) is 0 Å². The quantitative estimate of drug-likeness (QED) is 0.648. The average Bonchev–Trinajstić information content (AvgIpc) is 2.52. The Kier molecular flexibility index (Phi) is 4.48. The Morgan fingerprint density at radius 3 is 2.93 bits per heavy atom. The van der Waals surface area contributed by atoms with E-state index < -0.39 is 0 Å². The van der Waals surface area contributed by atoms with Crippen LogP contribution in [0.15, 0.2) is 0 Å². The molecule has 0 aromatic rings. The summed E-state index contributed by atoms with van der Waals surface area (Å²) in [5.41, 5.74) is 5.77. The van der Waals surface area contributed by atoms with Gasteiger partial charge in [0.2, 0.25) is 5.91 Å². The summed E-state index contributed by atoms with van der Waals surface area (Å²) in [7, 11) is 0. The molecule has 78 valence electrons. The second kappa shape index (κ2) is 5.66. The molecule has 1 rings (SSSR count). The third kappa shape index (κ3) is 3.80. The van der Waals surface area contributed by atoms with Crippen LogP contribution in [0.5, 0.6) is 0 Å². The molecule has 1 saturated carbocycles. The molecule has 0 bridgehead atoms. The Labute approximate surface area is 85.4 Å². The van der Waals surface area contributed by atoms with Crippen molar-refractivity contribution in [3.8, 4) is 11.8 Å². The van der Waals surface area contributed by atoms with Gasteiger partial charge >= 0.3 is 0 Å². The van der Waals surface area contributed by atoms with E-state index in [1.165, 1.54) is 0 Å². The second-order valence-corrected chi connectivity index (χ2v) is 3.85. The zero-order valence-corrected chi connectivity index (χ0v) is 8.68. The fourth-order valence-corrected chi connectivity index (χ4v) is 1.86. The van der Waals surface area contributed by atoms with Crippen LogP contribution in [0.3, 0.4) is 0 Å². The molecule has 0 heterocycles. The summed E-state index contributed by atoms with van der Waals surface area (Å²) in [5, 5.41) is 2.77. The van der Waals surface area contributed by atoms with Gasteiger partial charge in [-0.3, -0.25) is 4.79 Å². The number of amides is 1. The summed E-state index contributed by atoms with van der Waals surface area (Å²) >= 11 is 0. The maximum Gasteiger partial charge on any atom is 0.221 e. The molecular weight excluding hydrogens is 176 g/mol. The van der Waals surface area contributed by atoms with E-state index in [1.807, 2.05) is 0 Å². The van der Waals surface area contributed by atoms with Crippen molar-refractivity contribution in [2.45, 2.75) is 38.6 Å². The summed E-state index contributed by atoms with van der Waals surface area (Å²) in [6, 6.07) is 0.309. The Bertz CT molecular complexity index is 252. The SMILES string of the molecule is CC#CCNC(=O)CC1CCC(N)C1. The Morgan fingerprint density at radius 2 is 2.36 bits per heavy atom. The topological polar surface area (TPSA) is 55.1 Å². The van der Waals surface area contributed by atoms with Crippen molar-refractivity contribution >= 4 is 5.91 Å². The first-order valence-corrected chi connectivity index (χ1v) is 5.14. The number of rotatable bonds is 3. The van der Waals surface area contributed by atoms with Crippen LogP contribution >= 0.6 is 0 Å². The van der Waals surface area contributed by atoms with Crippen LogP contribution < -0.4 is 11.1 Å². The molecule has 2 unspecified atom stereocenters. The van der Waals surface area contributed by atoms with Gasteiger partial charge in [0.05, 0.1) is 6.54 Å². The van der Waals surface area contributed by atoms with Crippen molar-refractivity contribution in [2.75, 3.05) is 6.54 Å². The predicted molar refractivity (Wildman–Crippen MR) is 56.4 cm³/mol. The van der Waals surface area contributed by atoms with Crippen LogP contribution in [0, 0.1) is 17.8 Å². The van der Waals surface area contributed by atoms with E-state index in [9.17, 15) is 4.79 Å². The minimum Gasteiger partial charge on any atom is -0.345 e.